The number of anilines is 2. The molecule has 1 heterocycles. The molecule has 0 saturated heterocycles. The van der Waals surface area contributed by atoms with E-state index in [-0.39, 0.29) is 27.7 Å². The van der Waals surface area contributed by atoms with Gasteiger partial charge in [-0.3, -0.25) is 9.11 Å². The average molecular weight is 433 g/mol. The van der Waals surface area contributed by atoms with Crippen molar-refractivity contribution in [2.45, 2.75) is 9.79 Å². The van der Waals surface area contributed by atoms with Gasteiger partial charge in [-0.25, -0.2) is 9.97 Å². The molecule has 0 amide bonds. The molecule has 0 aliphatic rings. The van der Waals surface area contributed by atoms with Crippen LogP contribution in [0.3, 0.4) is 0 Å². The molecule has 0 bridgehead atoms. The van der Waals surface area contributed by atoms with Crippen molar-refractivity contribution in [3.05, 3.63) is 35.9 Å². The van der Waals surface area contributed by atoms with Crippen LogP contribution in [0.25, 0.3) is 10.8 Å². The summed E-state index contributed by atoms with van der Waals surface area (Å²) >= 11 is 5.65. The molecular formula is C13H9ClN4O7S2. The number of aromatic hydroxyl groups is 1. The van der Waals surface area contributed by atoms with Gasteiger partial charge in [0.15, 0.2) is 0 Å². The van der Waals surface area contributed by atoms with E-state index in [0.717, 1.165) is 30.6 Å². The molecule has 0 atom stereocenters. The minimum atomic E-state index is -4.69. The van der Waals surface area contributed by atoms with Gasteiger partial charge in [-0.15, -0.1) is 0 Å². The summed E-state index contributed by atoms with van der Waals surface area (Å²) in [5.41, 5.74) is -0.0817. The number of benzene rings is 2. The van der Waals surface area contributed by atoms with Crippen molar-refractivity contribution in [2.24, 2.45) is 0 Å². The molecule has 0 aliphatic carbocycles. The first-order valence-electron chi connectivity index (χ1n) is 6.82. The Bertz CT molecular complexity index is 1270. The molecule has 4 N–H and O–H groups in total. The fourth-order valence-corrected chi connectivity index (χ4v) is 3.49. The van der Waals surface area contributed by atoms with Crippen LogP contribution in [0.2, 0.25) is 5.28 Å². The predicted octanol–water partition coefficient (Wildman–Crippen LogP) is 1.62. The molecule has 3 rings (SSSR count). The number of hydrogen-bond donors (Lipinski definition) is 4. The van der Waals surface area contributed by atoms with E-state index >= 15 is 0 Å². The van der Waals surface area contributed by atoms with E-state index in [9.17, 15) is 31.0 Å². The van der Waals surface area contributed by atoms with Crippen molar-refractivity contribution in [1.29, 1.82) is 0 Å². The monoisotopic (exact) mass is 432 g/mol. The molecule has 0 fully saturated rings. The summed E-state index contributed by atoms with van der Waals surface area (Å²) in [4.78, 5) is 9.83. The number of fused-ring (bicyclic) bond motifs is 1. The maximum absolute atomic E-state index is 11.5. The SMILES string of the molecule is O=S(=O)(O)c1cc(O)c2c(Nc3ncnc(Cl)n3)cc(S(=O)(=O)O)cc2c1. The Labute approximate surface area is 157 Å². The van der Waals surface area contributed by atoms with Gasteiger partial charge < -0.3 is 10.4 Å². The lowest BCUT2D eigenvalue weighted by molar-refractivity contribution is 0.471. The van der Waals surface area contributed by atoms with Crippen LogP contribution in [0, 0.1) is 0 Å². The number of nitrogens with zero attached hydrogens (tertiary/aromatic N) is 3. The number of rotatable bonds is 4. The molecule has 11 nitrogen and oxygen atoms in total. The second kappa shape index (κ2) is 6.54. The molecule has 3 aromatic rings. The van der Waals surface area contributed by atoms with E-state index < -0.39 is 35.8 Å². The average Bonchev–Trinajstić information content (AvgIpc) is 2.52. The van der Waals surface area contributed by atoms with Gasteiger partial charge in [-0.05, 0) is 35.2 Å². The summed E-state index contributed by atoms with van der Waals surface area (Å²) in [5.74, 6) is -0.702. The van der Waals surface area contributed by atoms with Crippen LogP contribution in [0.15, 0.2) is 40.4 Å². The third-order valence-corrected chi connectivity index (χ3v) is 5.20. The van der Waals surface area contributed by atoms with Gasteiger partial charge in [0.1, 0.15) is 12.1 Å². The fourth-order valence-electron chi connectivity index (χ4n) is 2.29. The Morgan fingerprint density at radius 1 is 0.926 bits per heavy atom. The topological polar surface area (TPSA) is 180 Å². The van der Waals surface area contributed by atoms with Gasteiger partial charge in [-0.2, -0.15) is 21.8 Å². The van der Waals surface area contributed by atoms with Gasteiger partial charge in [-0.1, -0.05) is 0 Å². The molecule has 142 valence electrons. The van der Waals surface area contributed by atoms with Crippen LogP contribution < -0.4 is 5.32 Å². The summed E-state index contributed by atoms with van der Waals surface area (Å²) < 4.78 is 64.3. The highest BCUT2D eigenvalue weighted by Crippen LogP contribution is 2.37. The molecule has 14 heteroatoms. The van der Waals surface area contributed by atoms with Crippen molar-refractivity contribution in [1.82, 2.24) is 15.0 Å². The van der Waals surface area contributed by atoms with Crippen LogP contribution in [0.4, 0.5) is 11.6 Å². The van der Waals surface area contributed by atoms with E-state index in [2.05, 4.69) is 20.3 Å². The summed E-state index contributed by atoms with van der Waals surface area (Å²) in [5, 5.41) is 12.5. The number of phenols is 1. The highest BCUT2D eigenvalue weighted by Gasteiger charge is 2.20. The predicted molar refractivity (Wildman–Crippen MR) is 93.4 cm³/mol. The zero-order valence-corrected chi connectivity index (χ0v) is 15.3. The van der Waals surface area contributed by atoms with Crippen LogP contribution >= 0.6 is 11.6 Å². The summed E-state index contributed by atoms with van der Waals surface area (Å²) in [6.45, 7) is 0. The summed E-state index contributed by atoms with van der Waals surface area (Å²) in [7, 11) is -9.38. The highest BCUT2D eigenvalue weighted by atomic mass is 35.5. The van der Waals surface area contributed by atoms with Gasteiger partial charge in [0, 0.05) is 11.5 Å². The van der Waals surface area contributed by atoms with Crippen molar-refractivity contribution in [3.8, 4) is 5.75 Å². The molecule has 2 aromatic carbocycles. The number of phenolic OH excluding ortho intramolecular Hbond substituents is 1. The third-order valence-electron chi connectivity index (χ3n) is 3.36. The number of aromatic nitrogens is 3. The first-order valence-corrected chi connectivity index (χ1v) is 10.1. The van der Waals surface area contributed by atoms with Crippen molar-refractivity contribution < 1.29 is 31.0 Å². The summed E-state index contributed by atoms with van der Waals surface area (Å²) in [6.07, 6.45) is 1.07. The number of nitrogens with one attached hydrogen (secondary N) is 1. The highest BCUT2D eigenvalue weighted by molar-refractivity contribution is 7.86. The van der Waals surface area contributed by atoms with Crippen LogP contribution in [-0.4, -0.2) is 46.0 Å². The largest absolute Gasteiger partial charge is 0.507 e. The maximum Gasteiger partial charge on any atom is 0.294 e. The normalized spacial score (nSPS) is 12.3. The van der Waals surface area contributed by atoms with Crippen molar-refractivity contribution >= 4 is 54.2 Å². The molecule has 0 unspecified atom stereocenters. The lowest BCUT2D eigenvalue weighted by Gasteiger charge is -2.13. The zero-order chi connectivity index (χ0) is 20.0. The quantitative estimate of drug-likeness (QED) is 0.440. The second-order valence-electron chi connectivity index (χ2n) is 5.16. The van der Waals surface area contributed by atoms with E-state index in [1.807, 2.05) is 0 Å². The van der Waals surface area contributed by atoms with E-state index in [1.165, 1.54) is 0 Å². The number of hydrogen-bond acceptors (Lipinski definition) is 9. The fraction of sp³-hybridized carbons (Fsp3) is 0. The van der Waals surface area contributed by atoms with Crippen LogP contribution in [-0.2, 0) is 20.2 Å². The van der Waals surface area contributed by atoms with Crippen molar-refractivity contribution in [2.75, 3.05) is 5.32 Å². The molecule has 0 radical (unpaired) electrons. The lowest BCUT2D eigenvalue weighted by atomic mass is 10.1. The second-order valence-corrected chi connectivity index (χ2v) is 8.35. The lowest BCUT2D eigenvalue weighted by Crippen LogP contribution is -2.04. The Kier molecular flexibility index (Phi) is 4.65. The molecule has 0 saturated carbocycles. The Hall–Kier alpha value is -2.58. The smallest absolute Gasteiger partial charge is 0.294 e. The minimum absolute atomic E-state index is 0.0219. The minimum Gasteiger partial charge on any atom is -0.507 e. The van der Waals surface area contributed by atoms with Crippen LogP contribution in [0.1, 0.15) is 0 Å². The Morgan fingerprint density at radius 2 is 1.52 bits per heavy atom. The van der Waals surface area contributed by atoms with Gasteiger partial charge in [0.25, 0.3) is 20.2 Å². The Morgan fingerprint density at radius 3 is 2.07 bits per heavy atom. The first kappa shape index (κ1) is 19.2. The van der Waals surface area contributed by atoms with Gasteiger partial charge in [0.05, 0.1) is 15.5 Å². The summed E-state index contributed by atoms with van der Waals surface area (Å²) in [6, 6.07) is 3.59. The molecule has 1 aromatic heterocycles. The maximum atomic E-state index is 11.5. The number of halogens is 1. The van der Waals surface area contributed by atoms with Gasteiger partial charge >= 0.3 is 0 Å². The van der Waals surface area contributed by atoms with Crippen LogP contribution in [0.5, 0.6) is 5.75 Å². The Balaban J connectivity index is 2.33. The molecular weight excluding hydrogens is 424 g/mol. The van der Waals surface area contributed by atoms with Crippen molar-refractivity contribution in [3.63, 3.8) is 0 Å². The molecule has 0 spiro atoms. The zero-order valence-electron chi connectivity index (χ0n) is 12.9. The molecule has 0 aliphatic heterocycles. The van der Waals surface area contributed by atoms with Gasteiger partial charge in [0.2, 0.25) is 11.2 Å². The third kappa shape index (κ3) is 4.06. The van der Waals surface area contributed by atoms with E-state index in [0.29, 0.717) is 0 Å². The standard InChI is InChI=1S/C13H9ClN4O7S2/c14-12-15-5-16-13(18-12)17-9-3-7(26(20,21)22)1-6-2-8(27(23,24)25)4-10(19)11(6)9/h1-5,19H,(H,20,21,22)(H,23,24,25)(H,15,16,17,18). The molecule has 27 heavy (non-hydrogen) atoms. The van der Waals surface area contributed by atoms with E-state index in [4.69, 9.17) is 11.6 Å². The first-order chi connectivity index (χ1) is 12.4. The van der Waals surface area contributed by atoms with E-state index in [1.54, 1.807) is 0 Å².